The zero-order valence-electron chi connectivity index (χ0n) is 6.42. The van der Waals surface area contributed by atoms with Crippen molar-refractivity contribution in [1.82, 2.24) is 0 Å². The van der Waals surface area contributed by atoms with Crippen molar-refractivity contribution in [2.45, 2.75) is 16.7 Å². The predicted octanol–water partition coefficient (Wildman–Crippen LogP) is 2.17. The normalized spacial score (nSPS) is 39.9. The van der Waals surface area contributed by atoms with Crippen molar-refractivity contribution in [2.75, 3.05) is 0 Å². The molecule has 2 atom stereocenters. The molecule has 1 aliphatic carbocycles. The summed E-state index contributed by atoms with van der Waals surface area (Å²) in [5, 5.41) is 8.83. The van der Waals surface area contributed by atoms with Gasteiger partial charge in [-0.3, -0.25) is 0 Å². The first-order valence-electron chi connectivity index (χ1n) is 3.38. The Morgan fingerprint density at radius 2 is 1.83 bits per heavy atom. The number of carboxylic acids is 1. The van der Waals surface area contributed by atoms with Crippen LogP contribution in [0.4, 0.5) is 0 Å². The molecule has 12 heavy (non-hydrogen) atoms. The Morgan fingerprint density at radius 3 is 2.17 bits per heavy atom. The third-order valence-corrected chi connectivity index (χ3v) is 3.07. The molecular formula is C8H8Cl2O2. The van der Waals surface area contributed by atoms with Gasteiger partial charge in [0.15, 0.2) is 4.87 Å². The topological polar surface area (TPSA) is 37.3 Å². The Hall–Kier alpha value is -0.470. The highest BCUT2D eigenvalue weighted by atomic mass is 35.5. The lowest BCUT2D eigenvalue weighted by Crippen LogP contribution is -2.48. The highest BCUT2D eigenvalue weighted by Crippen LogP contribution is 2.40. The molecule has 0 bridgehead atoms. The van der Waals surface area contributed by atoms with E-state index in [0.717, 1.165) is 0 Å². The fraction of sp³-hybridized carbons (Fsp3) is 0.375. The van der Waals surface area contributed by atoms with Crippen LogP contribution < -0.4 is 0 Å². The molecule has 66 valence electrons. The van der Waals surface area contributed by atoms with Crippen molar-refractivity contribution in [3.63, 3.8) is 0 Å². The van der Waals surface area contributed by atoms with Crippen LogP contribution >= 0.6 is 23.2 Å². The highest BCUT2D eigenvalue weighted by Gasteiger charge is 2.49. The van der Waals surface area contributed by atoms with Crippen LogP contribution in [0, 0.1) is 0 Å². The summed E-state index contributed by atoms with van der Waals surface area (Å²) >= 11 is 11.8. The number of aliphatic carboxylic acids is 1. The minimum Gasteiger partial charge on any atom is -0.480 e. The Kier molecular flexibility index (Phi) is 2.23. The van der Waals surface area contributed by atoms with Crippen molar-refractivity contribution in [3.05, 3.63) is 24.3 Å². The standard InChI is InChI=1S/C8H8Cl2O2/c1-7(9)4-2-3-5-8(7,10)6(11)12/h2-5H,1H3,(H,11,12). The zero-order chi connectivity index (χ0) is 9.41. The van der Waals surface area contributed by atoms with Crippen LogP contribution in [-0.4, -0.2) is 20.8 Å². The van der Waals surface area contributed by atoms with Crippen molar-refractivity contribution in [3.8, 4) is 0 Å². The minimum absolute atomic E-state index is 1.07. The molecule has 0 aromatic heterocycles. The summed E-state index contributed by atoms with van der Waals surface area (Å²) in [5.41, 5.74) is 0. The molecule has 0 aliphatic heterocycles. The third kappa shape index (κ3) is 1.25. The van der Waals surface area contributed by atoms with Crippen LogP contribution in [-0.2, 0) is 4.79 Å². The van der Waals surface area contributed by atoms with Gasteiger partial charge in [-0.2, -0.15) is 0 Å². The average Bonchev–Trinajstić information content (AvgIpc) is 1.95. The second kappa shape index (κ2) is 2.79. The van der Waals surface area contributed by atoms with E-state index in [1.165, 1.54) is 6.08 Å². The third-order valence-electron chi connectivity index (χ3n) is 1.87. The van der Waals surface area contributed by atoms with Crippen LogP contribution in [0.15, 0.2) is 24.3 Å². The Balaban J connectivity index is 3.13. The average molecular weight is 207 g/mol. The molecule has 0 amide bonds. The molecule has 2 nitrogen and oxygen atoms in total. The number of hydrogen-bond acceptors (Lipinski definition) is 1. The summed E-state index contributed by atoms with van der Waals surface area (Å²) in [5.74, 6) is -1.14. The van der Waals surface area contributed by atoms with Crippen LogP contribution in [0.25, 0.3) is 0 Å². The van der Waals surface area contributed by atoms with E-state index in [-0.39, 0.29) is 0 Å². The summed E-state index contributed by atoms with van der Waals surface area (Å²) < 4.78 is 0. The van der Waals surface area contributed by atoms with Gasteiger partial charge in [-0.05, 0) is 6.92 Å². The summed E-state index contributed by atoms with van der Waals surface area (Å²) in [6, 6.07) is 0. The van der Waals surface area contributed by atoms with Crippen LogP contribution in [0.5, 0.6) is 0 Å². The fourth-order valence-electron chi connectivity index (χ4n) is 0.989. The van der Waals surface area contributed by atoms with E-state index in [2.05, 4.69) is 0 Å². The summed E-state index contributed by atoms with van der Waals surface area (Å²) in [7, 11) is 0. The number of carboxylic acid groups (broad SMARTS) is 1. The second-order valence-electron chi connectivity index (χ2n) is 2.81. The van der Waals surface area contributed by atoms with E-state index in [1.807, 2.05) is 0 Å². The van der Waals surface area contributed by atoms with Gasteiger partial charge in [-0.15, -0.1) is 11.6 Å². The highest BCUT2D eigenvalue weighted by molar-refractivity contribution is 6.44. The first-order valence-corrected chi connectivity index (χ1v) is 4.14. The fourth-order valence-corrected chi connectivity index (χ4v) is 1.34. The lowest BCUT2D eigenvalue weighted by Gasteiger charge is -2.33. The van der Waals surface area contributed by atoms with E-state index in [0.29, 0.717) is 0 Å². The minimum atomic E-state index is -1.54. The Morgan fingerprint density at radius 1 is 1.33 bits per heavy atom. The molecule has 0 aromatic rings. The van der Waals surface area contributed by atoms with Crippen molar-refractivity contribution >= 4 is 29.2 Å². The second-order valence-corrected chi connectivity index (χ2v) is 4.19. The Labute approximate surface area is 80.5 Å². The molecule has 0 saturated heterocycles. The summed E-state index contributed by atoms with van der Waals surface area (Å²) in [4.78, 5) is 8.18. The van der Waals surface area contributed by atoms with Crippen LogP contribution in [0.3, 0.4) is 0 Å². The summed E-state index contributed by atoms with van der Waals surface area (Å²) in [6.07, 6.45) is 6.20. The molecule has 0 saturated carbocycles. The zero-order valence-corrected chi connectivity index (χ0v) is 7.93. The summed E-state index contributed by atoms with van der Waals surface area (Å²) in [6.45, 7) is 1.57. The smallest absolute Gasteiger partial charge is 0.330 e. The van der Waals surface area contributed by atoms with Gasteiger partial charge in [0.1, 0.15) is 0 Å². The van der Waals surface area contributed by atoms with Crippen LogP contribution in [0.1, 0.15) is 6.92 Å². The lowest BCUT2D eigenvalue weighted by atomic mass is 9.88. The molecule has 4 heteroatoms. The molecule has 0 radical (unpaired) electrons. The van der Waals surface area contributed by atoms with Gasteiger partial charge in [0, 0.05) is 0 Å². The number of carbonyl (C=O) groups is 1. The van der Waals surface area contributed by atoms with E-state index in [1.54, 1.807) is 25.2 Å². The number of halogens is 2. The van der Waals surface area contributed by atoms with Gasteiger partial charge in [-0.25, -0.2) is 4.79 Å². The van der Waals surface area contributed by atoms with Crippen molar-refractivity contribution in [1.29, 1.82) is 0 Å². The first kappa shape index (κ1) is 9.62. The number of rotatable bonds is 1. The molecule has 0 fully saturated rings. The SMILES string of the molecule is CC1(Cl)C=CC=CC1(Cl)C(=O)O. The van der Waals surface area contributed by atoms with E-state index < -0.39 is 15.7 Å². The van der Waals surface area contributed by atoms with Crippen LogP contribution in [0.2, 0.25) is 0 Å². The maximum Gasteiger partial charge on any atom is 0.330 e. The molecule has 1 rings (SSSR count). The van der Waals surface area contributed by atoms with Gasteiger partial charge in [-0.1, -0.05) is 35.9 Å². The van der Waals surface area contributed by atoms with Gasteiger partial charge >= 0.3 is 5.97 Å². The predicted molar refractivity (Wildman–Crippen MR) is 48.8 cm³/mol. The van der Waals surface area contributed by atoms with Crippen molar-refractivity contribution in [2.24, 2.45) is 0 Å². The van der Waals surface area contributed by atoms with Gasteiger partial charge < -0.3 is 5.11 Å². The van der Waals surface area contributed by atoms with E-state index in [4.69, 9.17) is 28.3 Å². The number of allylic oxidation sites excluding steroid dienone is 3. The molecule has 2 unspecified atom stereocenters. The molecule has 0 heterocycles. The maximum absolute atomic E-state index is 10.8. The monoisotopic (exact) mass is 206 g/mol. The largest absolute Gasteiger partial charge is 0.480 e. The quantitative estimate of drug-likeness (QED) is 0.669. The molecule has 1 aliphatic rings. The van der Waals surface area contributed by atoms with Gasteiger partial charge in [0.2, 0.25) is 0 Å². The molecule has 0 aromatic carbocycles. The van der Waals surface area contributed by atoms with Gasteiger partial charge in [0.25, 0.3) is 0 Å². The van der Waals surface area contributed by atoms with E-state index in [9.17, 15) is 4.79 Å². The lowest BCUT2D eigenvalue weighted by molar-refractivity contribution is -0.139. The number of alkyl halides is 2. The first-order chi connectivity index (χ1) is 5.40. The van der Waals surface area contributed by atoms with Gasteiger partial charge in [0.05, 0.1) is 4.87 Å². The molecule has 1 N–H and O–H groups in total. The Bertz CT molecular complexity index is 268. The number of hydrogen-bond donors (Lipinski definition) is 1. The van der Waals surface area contributed by atoms with E-state index >= 15 is 0 Å². The molecular weight excluding hydrogens is 199 g/mol. The maximum atomic E-state index is 10.8. The van der Waals surface area contributed by atoms with Crippen molar-refractivity contribution < 1.29 is 9.90 Å². The molecule has 0 spiro atoms.